The maximum Gasteiger partial charge on any atom is 0.259 e. The summed E-state index contributed by atoms with van der Waals surface area (Å²) >= 11 is 5.68. The highest BCUT2D eigenvalue weighted by molar-refractivity contribution is 7.80. The van der Waals surface area contributed by atoms with E-state index in [2.05, 4.69) is 23.6 Å². The minimum Gasteiger partial charge on any atom is -0.331 e. The third-order valence-corrected chi connectivity index (χ3v) is 5.35. The molecule has 0 aromatic heterocycles. The molecule has 0 bridgehead atoms. The van der Waals surface area contributed by atoms with Crippen LogP contribution in [0.1, 0.15) is 45.1 Å². The van der Waals surface area contributed by atoms with E-state index >= 15 is 0 Å². The van der Waals surface area contributed by atoms with E-state index in [1.807, 2.05) is 19.1 Å². The molecule has 1 aromatic rings. The van der Waals surface area contributed by atoms with Crippen LogP contribution in [0.3, 0.4) is 0 Å². The molecular weight excluding hydrogens is 306 g/mol. The van der Waals surface area contributed by atoms with Crippen molar-refractivity contribution in [1.29, 1.82) is 0 Å². The monoisotopic (exact) mass is 327 g/mol. The van der Waals surface area contributed by atoms with Gasteiger partial charge in [0, 0.05) is 11.7 Å². The summed E-state index contributed by atoms with van der Waals surface area (Å²) < 4.78 is 0. The number of carbonyl (C=O) groups is 1. The molecule has 1 amide bonds. The van der Waals surface area contributed by atoms with Crippen molar-refractivity contribution in [3.05, 3.63) is 35.2 Å². The first-order valence-corrected chi connectivity index (χ1v) is 8.49. The highest BCUT2D eigenvalue weighted by Gasteiger charge is 2.57. The van der Waals surface area contributed by atoms with Crippen molar-refractivity contribution in [3.8, 4) is 0 Å². The van der Waals surface area contributed by atoms with Crippen molar-refractivity contribution in [2.75, 3.05) is 4.90 Å². The zero-order valence-corrected chi connectivity index (χ0v) is 14.6. The molecule has 2 aliphatic rings. The average molecular weight is 327 g/mol. The average Bonchev–Trinajstić information content (AvgIpc) is 3.05. The largest absolute Gasteiger partial charge is 0.331 e. The lowest BCUT2D eigenvalue weighted by Gasteiger charge is -2.35. The first kappa shape index (κ1) is 15.9. The summed E-state index contributed by atoms with van der Waals surface area (Å²) in [4.78, 5) is 20.6. The molecule has 2 fully saturated rings. The Hall–Kier alpha value is -1.93. The van der Waals surface area contributed by atoms with Crippen molar-refractivity contribution in [1.82, 2.24) is 4.90 Å². The van der Waals surface area contributed by atoms with Crippen LogP contribution in [-0.2, 0) is 4.79 Å². The van der Waals surface area contributed by atoms with Crippen LogP contribution in [0.2, 0.25) is 0 Å². The third kappa shape index (κ3) is 2.24. The number of thiocarbonyl (C=S) groups is 1. The van der Waals surface area contributed by atoms with Gasteiger partial charge in [-0.3, -0.25) is 9.69 Å². The zero-order valence-electron chi connectivity index (χ0n) is 13.8. The van der Waals surface area contributed by atoms with E-state index in [1.54, 1.807) is 11.0 Å². The molecule has 5 heteroatoms. The van der Waals surface area contributed by atoms with Gasteiger partial charge in [0.05, 0.1) is 6.57 Å². The lowest BCUT2D eigenvalue weighted by molar-refractivity contribution is -0.125. The Kier molecular flexibility index (Phi) is 3.89. The van der Waals surface area contributed by atoms with Crippen LogP contribution in [-0.4, -0.2) is 27.5 Å². The van der Waals surface area contributed by atoms with Gasteiger partial charge in [-0.2, -0.15) is 0 Å². The van der Waals surface area contributed by atoms with Gasteiger partial charge in [-0.25, -0.2) is 4.85 Å². The predicted molar refractivity (Wildman–Crippen MR) is 95.7 cm³/mol. The molecule has 1 spiro atoms. The zero-order chi connectivity index (χ0) is 16.8. The summed E-state index contributed by atoms with van der Waals surface area (Å²) in [5, 5.41) is 0.599. The number of hydrogen-bond donors (Lipinski definition) is 0. The summed E-state index contributed by atoms with van der Waals surface area (Å²) in [5.74, 6) is 0.101. The second-order valence-corrected chi connectivity index (χ2v) is 7.07. The quantitative estimate of drug-likeness (QED) is 0.602. The van der Waals surface area contributed by atoms with Crippen LogP contribution in [0, 0.1) is 13.5 Å². The SMILES string of the molecule is [C-]#[N+]c1ccc(N2C(=O)C3(CCCC3)N(C(C)C)C2=S)cc1C. The van der Waals surface area contributed by atoms with Gasteiger partial charge in [0.15, 0.2) is 10.8 Å². The van der Waals surface area contributed by atoms with Gasteiger partial charge < -0.3 is 4.90 Å². The van der Waals surface area contributed by atoms with Crippen LogP contribution >= 0.6 is 12.2 Å². The Morgan fingerprint density at radius 1 is 1.30 bits per heavy atom. The van der Waals surface area contributed by atoms with Crippen molar-refractivity contribution < 1.29 is 4.79 Å². The Morgan fingerprint density at radius 2 is 1.96 bits per heavy atom. The standard InChI is InChI=1S/C18H21N3OS/c1-12(2)21-17(23)20(16(22)18(21)9-5-6-10-18)14-7-8-15(19-4)13(3)11-14/h7-8,11-12H,5-6,9-10H2,1-3H3. The Labute approximate surface area is 142 Å². The highest BCUT2D eigenvalue weighted by Crippen LogP contribution is 2.44. The fourth-order valence-corrected chi connectivity index (χ4v) is 4.52. The molecule has 3 rings (SSSR count). The van der Waals surface area contributed by atoms with E-state index in [-0.39, 0.29) is 11.9 Å². The molecule has 1 saturated carbocycles. The normalized spacial score (nSPS) is 20.0. The summed E-state index contributed by atoms with van der Waals surface area (Å²) in [7, 11) is 0. The van der Waals surface area contributed by atoms with Gasteiger partial charge in [0.2, 0.25) is 0 Å². The van der Waals surface area contributed by atoms with Gasteiger partial charge in [0.1, 0.15) is 5.54 Å². The van der Waals surface area contributed by atoms with Gasteiger partial charge in [0.25, 0.3) is 5.91 Å². The van der Waals surface area contributed by atoms with Crippen LogP contribution in [0.25, 0.3) is 4.85 Å². The summed E-state index contributed by atoms with van der Waals surface area (Å²) in [6.45, 7) is 13.3. The molecule has 1 heterocycles. The second kappa shape index (κ2) is 5.61. The van der Waals surface area contributed by atoms with Crippen LogP contribution in [0.15, 0.2) is 18.2 Å². The maximum absolute atomic E-state index is 13.3. The van der Waals surface area contributed by atoms with E-state index in [0.717, 1.165) is 36.9 Å². The molecule has 1 aliphatic heterocycles. The molecule has 120 valence electrons. The Bertz CT molecular complexity index is 713. The maximum atomic E-state index is 13.3. The van der Waals surface area contributed by atoms with Gasteiger partial charge in [-0.05, 0) is 63.5 Å². The highest BCUT2D eigenvalue weighted by atomic mass is 32.1. The summed E-state index contributed by atoms with van der Waals surface area (Å²) in [6, 6.07) is 5.69. The first-order chi connectivity index (χ1) is 10.9. The smallest absolute Gasteiger partial charge is 0.259 e. The summed E-state index contributed by atoms with van der Waals surface area (Å²) in [5.41, 5.74) is 1.80. The van der Waals surface area contributed by atoms with Crippen LogP contribution < -0.4 is 4.90 Å². The number of rotatable bonds is 2. The lowest BCUT2D eigenvalue weighted by atomic mass is 9.94. The molecular formula is C18H21N3OS. The molecule has 0 atom stereocenters. The van der Waals surface area contributed by atoms with E-state index < -0.39 is 5.54 Å². The molecule has 1 saturated heterocycles. The van der Waals surface area contributed by atoms with E-state index in [0.29, 0.717) is 10.8 Å². The van der Waals surface area contributed by atoms with Gasteiger partial charge in [-0.1, -0.05) is 18.9 Å². The topological polar surface area (TPSA) is 27.9 Å². The minimum absolute atomic E-state index is 0.101. The van der Waals surface area contributed by atoms with Gasteiger partial charge >= 0.3 is 0 Å². The number of aryl methyl sites for hydroxylation is 1. The number of benzene rings is 1. The third-order valence-electron chi connectivity index (χ3n) is 4.97. The van der Waals surface area contributed by atoms with E-state index in [4.69, 9.17) is 18.8 Å². The minimum atomic E-state index is -0.461. The van der Waals surface area contributed by atoms with Crippen molar-refractivity contribution in [2.24, 2.45) is 0 Å². The van der Waals surface area contributed by atoms with E-state index in [1.165, 1.54) is 0 Å². The molecule has 23 heavy (non-hydrogen) atoms. The molecule has 0 N–H and O–H groups in total. The Balaban J connectivity index is 2.07. The molecule has 4 nitrogen and oxygen atoms in total. The first-order valence-electron chi connectivity index (χ1n) is 8.08. The Morgan fingerprint density at radius 3 is 2.48 bits per heavy atom. The fourth-order valence-electron chi connectivity index (χ4n) is 3.95. The van der Waals surface area contributed by atoms with Crippen LogP contribution in [0.5, 0.6) is 0 Å². The number of hydrogen-bond acceptors (Lipinski definition) is 2. The second-order valence-electron chi connectivity index (χ2n) is 6.71. The number of amides is 1. The summed E-state index contributed by atoms with van der Waals surface area (Å²) in [6.07, 6.45) is 3.89. The molecule has 0 radical (unpaired) electrons. The van der Waals surface area contributed by atoms with Crippen LogP contribution in [0.4, 0.5) is 11.4 Å². The predicted octanol–water partition coefficient (Wildman–Crippen LogP) is 4.20. The van der Waals surface area contributed by atoms with Crippen molar-refractivity contribution >= 4 is 34.6 Å². The van der Waals surface area contributed by atoms with Gasteiger partial charge in [-0.15, -0.1) is 0 Å². The molecule has 0 unspecified atom stereocenters. The van der Waals surface area contributed by atoms with E-state index in [9.17, 15) is 4.79 Å². The molecule has 1 aliphatic carbocycles. The number of anilines is 1. The van der Waals surface area contributed by atoms with Crippen molar-refractivity contribution in [2.45, 2.75) is 58.0 Å². The molecule has 1 aromatic carbocycles. The number of carbonyl (C=O) groups excluding carboxylic acids is 1. The lowest BCUT2D eigenvalue weighted by Crippen LogP contribution is -2.50. The number of nitrogens with zero attached hydrogens (tertiary/aromatic N) is 3. The van der Waals surface area contributed by atoms with Crippen molar-refractivity contribution in [3.63, 3.8) is 0 Å². The fraction of sp³-hybridized carbons (Fsp3) is 0.500.